The summed E-state index contributed by atoms with van der Waals surface area (Å²) in [4.78, 5) is 28.6. The van der Waals surface area contributed by atoms with Crippen LogP contribution in [0.15, 0.2) is 0 Å². The molecule has 2 heterocycles. The number of carbonyl (C=O) groups excluding carboxylic acids is 2. The summed E-state index contributed by atoms with van der Waals surface area (Å²) in [6.45, 7) is 8.17. The Hall–Kier alpha value is -1.18. The summed E-state index contributed by atoms with van der Waals surface area (Å²) in [5, 5.41) is 2.85. The SMILES string of the molecule is CC1CN(C(=O)CN2CCCC(C(=O)NCCN)C2)CC(C)O1. The van der Waals surface area contributed by atoms with Crippen LogP contribution in [0.5, 0.6) is 0 Å². The number of nitrogens with zero attached hydrogens (tertiary/aromatic N) is 2. The number of amides is 2. The number of nitrogens with two attached hydrogens (primary N) is 1. The quantitative estimate of drug-likeness (QED) is 0.705. The zero-order valence-electron chi connectivity index (χ0n) is 14.3. The molecule has 3 unspecified atom stereocenters. The number of ether oxygens (including phenoxy) is 1. The van der Waals surface area contributed by atoms with Gasteiger partial charge in [-0.2, -0.15) is 0 Å². The number of carbonyl (C=O) groups is 2. The lowest BCUT2D eigenvalue weighted by Crippen LogP contribution is -2.52. The van der Waals surface area contributed by atoms with E-state index in [0.29, 0.717) is 39.3 Å². The van der Waals surface area contributed by atoms with Gasteiger partial charge >= 0.3 is 0 Å². The molecule has 3 atom stereocenters. The van der Waals surface area contributed by atoms with Crippen LogP contribution in [0.4, 0.5) is 0 Å². The van der Waals surface area contributed by atoms with E-state index in [2.05, 4.69) is 10.2 Å². The van der Waals surface area contributed by atoms with E-state index < -0.39 is 0 Å². The monoisotopic (exact) mass is 326 g/mol. The van der Waals surface area contributed by atoms with Gasteiger partial charge in [-0.1, -0.05) is 0 Å². The predicted octanol–water partition coefficient (Wildman–Crippen LogP) is -0.591. The zero-order chi connectivity index (χ0) is 16.8. The Bertz CT molecular complexity index is 408. The molecule has 0 aromatic rings. The molecule has 2 rings (SSSR count). The lowest BCUT2D eigenvalue weighted by Gasteiger charge is -2.37. The molecule has 0 bridgehead atoms. The summed E-state index contributed by atoms with van der Waals surface area (Å²) in [6.07, 6.45) is 1.99. The van der Waals surface area contributed by atoms with Crippen LogP contribution in [-0.4, -0.2) is 79.6 Å². The number of rotatable bonds is 5. The van der Waals surface area contributed by atoms with Crippen molar-refractivity contribution in [2.75, 3.05) is 45.8 Å². The molecule has 2 amide bonds. The van der Waals surface area contributed by atoms with Gasteiger partial charge in [-0.25, -0.2) is 0 Å². The van der Waals surface area contributed by atoms with Gasteiger partial charge in [0.15, 0.2) is 0 Å². The molecule has 2 fully saturated rings. The maximum Gasteiger partial charge on any atom is 0.236 e. The molecule has 3 N–H and O–H groups in total. The summed E-state index contributed by atoms with van der Waals surface area (Å²) in [7, 11) is 0. The average molecular weight is 326 g/mol. The highest BCUT2D eigenvalue weighted by atomic mass is 16.5. The van der Waals surface area contributed by atoms with Gasteiger partial charge in [0, 0.05) is 32.7 Å². The molecule has 0 aromatic heterocycles. The first-order chi connectivity index (χ1) is 11.0. The Morgan fingerprint density at radius 1 is 1.22 bits per heavy atom. The lowest BCUT2D eigenvalue weighted by molar-refractivity contribution is -0.145. The molecular weight excluding hydrogens is 296 g/mol. The molecule has 7 nitrogen and oxygen atoms in total. The van der Waals surface area contributed by atoms with Crippen LogP contribution in [0.2, 0.25) is 0 Å². The highest BCUT2D eigenvalue weighted by Gasteiger charge is 2.30. The second kappa shape index (κ2) is 8.61. The first-order valence-electron chi connectivity index (χ1n) is 8.63. The largest absolute Gasteiger partial charge is 0.372 e. The maximum absolute atomic E-state index is 12.5. The van der Waals surface area contributed by atoms with Gasteiger partial charge in [0.1, 0.15) is 0 Å². The number of likely N-dealkylation sites (tertiary alicyclic amines) is 1. The molecule has 0 aromatic carbocycles. The van der Waals surface area contributed by atoms with E-state index in [1.165, 1.54) is 0 Å². The molecule has 0 aliphatic carbocycles. The van der Waals surface area contributed by atoms with Crippen LogP contribution in [0.3, 0.4) is 0 Å². The smallest absolute Gasteiger partial charge is 0.236 e. The van der Waals surface area contributed by atoms with E-state index in [1.807, 2.05) is 18.7 Å². The third-order valence-corrected chi connectivity index (χ3v) is 4.45. The molecular formula is C16H30N4O3. The van der Waals surface area contributed by atoms with Crippen LogP contribution >= 0.6 is 0 Å². The van der Waals surface area contributed by atoms with E-state index in [1.54, 1.807) is 0 Å². The van der Waals surface area contributed by atoms with Crippen LogP contribution in [0.25, 0.3) is 0 Å². The molecule has 0 radical (unpaired) electrons. The van der Waals surface area contributed by atoms with Gasteiger partial charge in [-0.15, -0.1) is 0 Å². The Morgan fingerprint density at radius 3 is 2.57 bits per heavy atom. The molecule has 2 saturated heterocycles. The number of hydrogen-bond donors (Lipinski definition) is 2. The highest BCUT2D eigenvalue weighted by Crippen LogP contribution is 2.17. The lowest BCUT2D eigenvalue weighted by atomic mass is 9.97. The molecule has 2 aliphatic heterocycles. The van der Waals surface area contributed by atoms with Crippen molar-refractivity contribution in [2.45, 2.75) is 38.9 Å². The third kappa shape index (κ3) is 5.44. The van der Waals surface area contributed by atoms with Crippen molar-refractivity contribution in [3.05, 3.63) is 0 Å². The van der Waals surface area contributed by atoms with Gasteiger partial charge in [-0.3, -0.25) is 14.5 Å². The van der Waals surface area contributed by atoms with Crippen LogP contribution < -0.4 is 11.1 Å². The Balaban J connectivity index is 1.82. The number of hydrogen-bond acceptors (Lipinski definition) is 5. The highest BCUT2D eigenvalue weighted by molar-refractivity contribution is 5.80. The fourth-order valence-electron chi connectivity index (χ4n) is 3.43. The summed E-state index contributed by atoms with van der Waals surface area (Å²) < 4.78 is 5.67. The van der Waals surface area contributed by atoms with Crippen LogP contribution in [0, 0.1) is 5.92 Å². The second-order valence-corrected chi connectivity index (χ2v) is 6.71. The molecule has 2 aliphatic rings. The second-order valence-electron chi connectivity index (χ2n) is 6.71. The normalized spacial score (nSPS) is 29.3. The summed E-state index contributed by atoms with van der Waals surface area (Å²) >= 11 is 0. The number of morpholine rings is 1. The van der Waals surface area contributed by atoms with Crippen molar-refractivity contribution in [1.29, 1.82) is 0 Å². The van der Waals surface area contributed by atoms with Crippen molar-refractivity contribution < 1.29 is 14.3 Å². The summed E-state index contributed by atoms with van der Waals surface area (Å²) in [5.74, 6) is 0.155. The van der Waals surface area contributed by atoms with E-state index >= 15 is 0 Å². The molecule has 0 spiro atoms. The molecule has 132 valence electrons. The van der Waals surface area contributed by atoms with E-state index in [-0.39, 0.29) is 29.9 Å². The van der Waals surface area contributed by atoms with Crippen molar-refractivity contribution in [3.8, 4) is 0 Å². The van der Waals surface area contributed by atoms with Gasteiger partial charge in [-0.05, 0) is 33.2 Å². The summed E-state index contributed by atoms with van der Waals surface area (Å²) in [6, 6.07) is 0. The number of piperidine rings is 1. The van der Waals surface area contributed by atoms with E-state index in [9.17, 15) is 9.59 Å². The minimum atomic E-state index is -0.0364. The minimum Gasteiger partial charge on any atom is -0.372 e. The van der Waals surface area contributed by atoms with Crippen molar-refractivity contribution in [2.24, 2.45) is 11.7 Å². The number of nitrogens with one attached hydrogen (secondary N) is 1. The minimum absolute atomic E-state index is 0.0364. The van der Waals surface area contributed by atoms with Crippen molar-refractivity contribution >= 4 is 11.8 Å². The van der Waals surface area contributed by atoms with Crippen molar-refractivity contribution in [3.63, 3.8) is 0 Å². The Kier molecular flexibility index (Phi) is 6.80. The molecule has 0 saturated carbocycles. The molecule has 23 heavy (non-hydrogen) atoms. The first kappa shape index (κ1) is 18.2. The first-order valence-corrected chi connectivity index (χ1v) is 8.63. The standard InChI is InChI=1S/C16H30N4O3/c1-12-8-20(9-13(2)23-12)15(21)11-19-7-3-4-14(10-19)16(22)18-6-5-17/h12-14H,3-11,17H2,1-2H3,(H,18,22). The van der Waals surface area contributed by atoms with Crippen LogP contribution in [0.1, 0.15) is 26.7 Å². The van der Waals surface area contributed by atoms with E-state index in [0.717, 1.165) is 19.4 Å². The molecule has 7 heteroatoms. The van der Waals surface area contributed by atoms with Gasteiger partial charge < -0.3 is 20.7 Å². The maximum atomic E-state index is 12.5. The zero-order valence-corrected chi connectivity index (χ0v) is 14.3. The summed E-state index contributed by atoms with van der Waals surface area (Å²) in [5.41, 5.74) is 5.42. The van der Waals surface area contributed by atoms with Crippen molar-refractivity contribution in [1.82, 2.24) is 15.1 Å². The van der Waals surface area contributed by atoms with Gasteiger partial charge in [0.2, 0.25) is 11.8 Å². The average Bonchev–Trinajstić information content (AvgIpc) is 2.52. The fourth-order valence-corrected chi connectivity index (χ4v) is 3.43. The topological polar surface area (TPSA) is 87.9 Å². The fraction of sp³-hybridized carbons (Fsp3) is 0.875. The Labute approximate surface area is 138 Å². The third-order valence-electron chi connectivity index (χ3n) is 4.45. The Morgan fingerprint density at radius 2 is 1.91 bits per heavy atom. The van der Waals surface area contributed by atoms with Gasteiger partial charge in [0.05, 0.1) is 24.7 Å². The predicted molar refractivity (Wildman–Crippen MR) is 87.8 cm³/mol. The van der Waals surface area contributed by atoms with Crippen LogP contribution in [-0.2, 0) is 14.3 Å². The van der Waals surface area contributed by atoms with E-state index in [4.69, 9.17) is 10.5 Å². The van der Waals surface area contributed by atoms with Gasteiger partial charge in [0.25, 0.3) is 0 Å².